The Morgan fingerprint density at radius 3 is 2.83 bits per heavy atom. The molecule has 0 aliphatic rings. The van der Waals surface area contributed by atoms with Crippen molar-refractivity contribution in [3.05, 3.63) is 28.0 Å². The molecule has 1 heterocycles. The molecular formula is C7H4N2O2S. The zero-order valence-corrected chi connectivity index (χ0v) is 6.68. The number of rotatable bonds is 1. The van der Waals surface area contributed by atoms with Crippen LogP contribution < -0.4 is 0 Å². The van der Waals surface area contributed by atoms with Gasteiger partial charge in [0, 0.05) is 6.20 Å². The summed E-state index contributed by atoms with van der Waals surface area (Å²) in [5, 5.41) is 17.0. The molecular weight excluding hydrogens is 176 g/mol. The second-order valence-corrected chi connectivity index (χ2v) is 2.48. The van der Waals surface area contributed by atoms with Crippen molar-refractivity contribution in [2.24, 2.45) is 0 Å². The fourth-order valence-electron chi connectivity index (χ4n) is 0.682. The Bertz CT molecular complexity index is 416. The first-order valence-electron chi connectivity index (χ1n) is 3.01. The van der Waals surface area contributed by atoms with E-state index in [1.54, 1.807) is 0 Å². The molecule has 4 nitrogen and oxygen atoms in total. The third kappa shape index (κ3) is 1.49. The maximum absolute atomic E-state index is 10.4. The van der Waals surface area contributed by atoms with Crippen molar-refractivity contribution in [3.8, 4) is 6.07 Å². The molecule has 0 aliphatic heterocycles. The van der Waals surface area contributed by atoms with Gasteiger partial charge in [0.15, 0.2) is 0 Å². The highest BCUT2D eigenvalue weighted by atomic mass is 32.1. The predicted molar refractivity (Wildman–Crippen MR) is 43.3 cm³/mol. The zero-order chi connectivity index (χ0) is 9.14. The van der Waals surface area contributed by atoms with Crippen LogP contribution in [0.25, 0.3) is 0 Å². The fraction of sp³-hybridized carbons (Fsp3) is 0. The van der Waals surface area contributed by atoms with Crippen LogP contribution in [0.5, 0.6) is 0 Å². The van der Waals surface area contributed by atoms with Gasteiger partial charge in [-0.15, -0.1) is 0 Å². The first-order valence-corrected chi connectivity index (χ1v) is 3.42. The minimum atomic E-state index is -1.09. The number of aromatic carboxylic acids is 1. The summed E-state index contributed by atoms with van der Waals surface area (Å²) in [5.41, 5.74) is 0.258. The molecule has 1 aromatic heterocycles. The summed E-state index contributed by atoms with van der Waals surface area (Å²) in [6.45, 7) is 0. The van der Waals surface area contributed by atoms with Crippen LogP contribution in [0, 0.1) is 15.8 Å². The van der Waals surface area contributed by atoms with Crippen LogP contribution in [0.15, 0.2) is 12.3 Å². The highest BCUT2D eigenvalue weighted by molar-refractivity contribution is 7.71. The Kier molecular flexibility index (Phi) is 2.21. The molecule has 0 radical (unpaired) electrons. The van der Waals surface area contributed by atoms with Crippen LogP contribution in [0.3, 0.4) is 0 Å². The third-order valence-electron chi connectivity index (χ3n) is 1.26. The number of carbonyl (C=O) groups is 1. The molecule has 5 heteroatoms. The van der Waals surface area contributed by atoms with Crippen LogP contribution in [0.4, 0.5) is 0 Å². The number of nitriles is 1. The summed E-state index contributed by atoms with van der Waals surface area (Å²) in [4.78, 5) is 12.8. The van der Waals surface area contributed by atoms with Crippen molar-refractivity contribution in [2.45, 2.75) is 0 Å². The first-order chi connectivity index (χ1) is 5.65. The molecule has 0 spiro atoms. The van der Waals surface area contributed by atoms with E-state index in [9.17, 15) is 4.79 Å². The van der Waals surface area contributed by atoms with Gasteiger partial charge in [-0.3, -0.25) is 0 Å². The molecule has 0 amide bonds. The minimum Gasteiger partial charge on any atom is -0.477 e. The van der Waals surface area contributed by atoms with Gasteiger partial charge in [-0.25, -0.2) is 4.79 Å². The number of carboxylic acid groups (broad SMARTS) is 1. The maximum atomic E-state index is 10.4. The Morgan fingerprint density at radius 1 is 1.75 bits per heavy atom. The topological polar surface area (TPSA) is 76.9 Å². The zero-order valence-electron chi connectivity index (χ0n) is 5.87. The fourth-order valence-corrected chi connectivity index (χ4v) is 0.905. The number of H-pyrrole nitrogens is 1. The van der Waals surface area contributed by atoms with E-state index in [0.29, 0.717) is 0 Å². The Labute approximate surface area is 73.1 Å². The number of hydrogen-bond acceptors (Lipinski definition) is 3. The molecule has 12 heavy (non-hydrogen) atoms. The molecule has 1 rings (SSSR count). The van der Waals surface area contributed by atoms with Crippen LogP contribution in [-0.2, 0) is 0 Å². The summed E-state index contributed by atoms with van der Waals surface area (Å²) in [6, 6.07) is 3.08. The molecule has 0 aliphatic carbocycles. The standard InChI is InChI=1S/C7H4N2O2S/c8-2-4-3-9-5(7(10)11)1-6(4)12/h1,3H,(H,9,12)(H,10,11). The van der Waals surface area contributed by atoms with Crippen molar-refractivity contribution >= 4 is 18.2 Å². The lowest BCUT2D eigenvalue weighted by molar-refractivity contribution is 0.0690. The van der Waals surface area contributed by atoms with Gasteiger partial charge in [0.25, 0.3) is 0 Å². The highest BCUT2D eigenvalue weighted by Gasteiger charge is 2.03. The minimum absolute atomic E-state index is 0.0148. The second-order valence-electron chi connectivity index (χ2n) is 2.04. The molecule has 60 valence electrons. The van der Waals surface area contributed by atoms with E-state index in [1.165, 1.54) is 12.3 Å². The molecule has 0 aromatic carbocycles. The Balaban J connectivity index is 3.31. The molecule has 0 atom stereocenters. The third-order valence-corrected chi connectivity index (χ3v) is 1.60. The number of pyridine rings is 1. The van der Waals surface area contributed by atoms with Gasteiger partial charge in [0.1, 0.15) is 11.8 Å². The number of aromatic amines is 1. The SMILES string of the molecule is N#Cc1c[nH]c(C(=O)O)cc1=S. The average Bonchev–Trinajstić information content (AvgIpc) is 2.04. The Morgan fingerprint density at radius 2 is 2.42 bits per heavy atom. The van der Waals surface area contributed by atoms with E-state index in [0.717, 1.165) is 0 Å². The van der Waals surface area contributed by atoms with Gasteiger partial charge in [-0.2, -0.15) is 5.26 Å². The smallest absolute Gasteiger partial charge is 0.352 e. The van der Waals surface area contributed by atoms with Crippen LogP contribution in [0.2, 0.25) is 0 Å². The van der Waals surface area contributed by atoms with Crippen molar-refractivity contribution in [2.75, 3.05) is 0 Å². The van der Waals surface area contributed by atoms with E-state index in [1.807, 2.05) is 6.07 Å². The summed E-state index contributed by atoms with van der Waals surface area (Å²) in [5.74, 6) is -1.09. The van der Waals surface area contributed by atoms with Gasteiger partial charge in [0.05, 0.1) is 10.1 Å². The van der Waals surface area contributed by atoms with E-state index in [4.69, 9.17) is 22.6 Å². The normalized spacial score (nSPS) is 8.92. The Hall–Kier alpha value is -1.67. The number of nitrogens with zero attached hydrogens (tertiary/aromatic N) is 1. The average molecular weight is 180 g/mol. The quantitative estimate of drug-likeness (QED) is 0.639. The lowest BCUT2D eigenvalue weighted by Gasteiger charge is -1.93. The maximum Gasteiger partial charge on any atom is 0.352 e. The first kappa shape index (κ1) is 8.43. The van der Waals surface area contributed by atoms with Crippen LogP contribution in [0.1, 0.15) is 16.1 Å². The van der Waals surface area contributed by atoms with Crippen molar-refractivity contribution in [3.63, 3.8) is 0 Å². The second kappa shape index (κ2) is 3.15. The largest absolute Gasteiger partial charge is 0.477 e. The van der Waals surface area contributed by atoms with E-state index >= 15 is 0 Å². The van der Waals surface area contributed by atoms with Gasteiger partial charge >= 0.3 is 5.97 Å². The number of aromatic nitrogens is 1. The molecule has 0 bridgehead atoms. The van der Waals surface area contributed by atoms with Gasteiger partial charge in [-0.05, 0) is 6.07 Å². The van der Waals surface area contributed by atoms with Gasteiger partial charge in [-0.1, -0.05) is 12.2 Å². The van der Waals surface area contributed by atoms with Crippen molar-refractivity contribution in [1.82, 2.24) is 4.98 Å². The molecule has 1 aromatic rings. The molecule has 0 saturated carbocycles. The molecule has 0 saturated heterocycles. The van der Waals surface area contributed by atoms with E-state index < -0.39 is 5.97 Å². The summed E-state index contributed by atoms with van der Waals surface area (Å²) < 4.78 is 0.244. The van der Waals surface area contributed by atoms with Gasteiger partial charge in [0.2, 0.25) is 0 Å². The lowest BCUT2D eigenvalue weighted by atomic mass is 10.3. The number of carboxylic acids is 1. The van der Waals surface area contributed by atoms with Crippen molar-refractivity contribution < 1.29 is 9.90 Å². The number of nitrogens with one attached hydrogen (secondary N) is 1. The van der Waals surface area contributed by atoms with Crippen LogP contribution in [-0.4, -0.2) is 16.1 Å². The summed E-state index contributed by atoms with van der Waals surface area (Å²) in [7, 11) is 0. The summed E-state index contributed by atoms with van der Waals surface area (Å²) >= 11 is 4.75. The molecule has 0 unspecified atom stereocenters. The summed E-state index contributed by atoms with van der Waals surface area (Å²) in [6.07, 6.45) is 1.28. The molecule has 0 fully saturated rings. The monoisotopic (exact) mass is 180 g/mol. The van der Waals surface area contributed by atoms with Gasteiger partial charge < -0.3 is 10.1 Å². The number of hydrogen-bond donors (Lipinski definition) is 2. The van der Waals surface area contributed by atoms with E-state index in [-0.39, 0.29) is 15.8 Å². The van der Waals surface area contributed by atoms with E-state index in [2.05, 4.69) is 4.98 Å². The predicted octanol–water partition coefficient (Wildman–Crippen LogP) is 1.31. The van der Waals surface area contributed by atoms with Crippen molar-refractivity contribution in [1.29, 1.82) is 5.26 Å². The lowest BCUT2D eigenvalue weighted by Crippen LogP contribution is -1.99. The highest BCUT2D eigenvalue weighted by Crippen LogP contribution is 2.02. The molecule has 2 N–H and O–H groups in total. The van der Waals surface area contributed by atoms with Crippen LogP contribution >= 0.6 is 12.2 Å².